The molecule has 17 heavy (non-hydrogen) atoms. The van der Waals surface area contributed by atoms with Gasteiger partial charge in [0.25, 0.3) is 0 Å². The Morgan fingerprint density at radius 1 is 1.12 bits per heavy atom. The molecule has 0 aliphatic carbocycles. The van der Waals surface area contributed by atoms with Crippen LogP contribution in [0.15, 0.2) is 24.3 Å². The van der Waals surface area contributed by atoms with Gasteiger partial charge >= 0.3 is 5.97 Å². The number of aromatic carboxylic acids is 1. The van der Waals surface area contributed by atoms with Crippen LogP contribution in [-0.2, 0) is 11.2 Å². The largest absolute Gasteiger partial charge is 0.478 e. The molecule has 1 amide bonds. The molecular formula is C12H15NO4. The van der Waals surface area contributed by atoms with Gasteiger partial charge in [0.2, 0.25) is 5.91 Å². The summed E-state index contributed by atoms with van der Waals surface area (Å²) in [7, 11) is 0. The van der Waals surface area contributed by atoms with Gasteiger partial charge in [0.15, 0.2) is 0 Å². The molecule has 5 nitrogen and oxygen atoms in total. The Kier molecular flexibility index (Phi) is 5.16. The van der Waals surface area contributed by atoms with Crippen molar-refractivity contribution in [2.75, 3.05) is 0 Å². The molecule has 1 aromatic rings. The lowest BCUT2D eigenvalue weighted by Crippen LogP contribution is -2.17. The van der Waals surface area contributed by atoms with Crippen molar-refractivity contribution < 1.29 is 19.9 Å². The molecule has 0 radical (unpaired) electrons. The molecule has 1 rings (SSSR count). The molecule has 0 saturated heterocycles. The third kappa shape index (κ3) is 4.65. The Labute approximate surface area is 99.0 Å². The lowest BCUT2D eigenvalue weighted by Gasteiger charge is -2.02. The predicted molar refractivity (Wildman–Crippen MR) is 60.9 cm³/mol. The smallest absolute Gasteiger partial charge is 0.335 e. The first kappa shape index (κ1) is 13.2. The number of carboxylic acids is 1. The summed E-state index contributed by atoms with van der Waals surface area (Å²) < 4.78 is 0. The van der Waals surface area contributed by atoms with Crippen LogP contribution >= 0.6 is 0 Å². The number of hydrogen-bond donors (Lipinski definition) is 3. The van der Waals surface area contributed by atoms with E-state index in [0.29, 0.717) is 12.8 Å². The molecule has 0 aliphatic rings. The highest BCUT2D eigenvalue weighted by molar-refractivity contribution is 5.87. The van der Waals surface area contributed by atoms with Crippen LogP contribution in [-0.4, -0.2) is 22.2 Å². The lowest BCUT2D eigenvalue weighted by atomic mass is 10.1. The number of nitrogens with one attached hydrogen (secondary N) is 1. The minimum absolute atomic E-state index is 0.272. The average Bonchev–Trinajstić information content (AvgIpc) is 2.34. The Morgan fingerprint density at radius 3 is 2.29 bits per heavy atom. The van der Waals surface area contributed by atoms with E-state index >= 15 is 0 Å². The number of hydrogen-bond acceptors (Lipinski definition) is 3. The SMILES string of the molecule is O=C(CCCCc1ccc(C(=O)O)cc1)NO. The van der Waals surface area contributed by atoms with Gasteiger partial charge in [-0.15, -0.1) is 0 Å². The third-order valence-electron chi connectivity index (χ3n) is 2.44. The van der Waals surface area contributed by atoms with E-state index in [4.69, 9.17) is 10.3 Å². The minimum Gasteiger partial charge on any atom is -0.478 e. The molecule has 0 fully saturated rings. The number of carboxylic acid groups (broad SMARTS) is 1. The van der Waals surface area contributed by atoms with E-state index in [9.17, 15) is 9.59 Å². The molecule has 0 unspecified atom stereocenters. The molecule has 0 saturated carbocycles. The maximum absolute atomic E-state index is 10.7. The van der Waals surface area contributed by atoms with E-state index in [1.807, 2.05) is 0 Å². The first-order valence-corrected chi connectivity index (χ1v) is 5.38. The molecule has 0 aliphatic heterocycles. The molecule has 5 heteroatoms. The summed E-state index contributed by atoms with van der Waals surface area (Å²) in [4.78, 5) is 21.3. The standard InChI is InChI=1S/C12H15NO4/c14-11(13-17)4-2-1-3-9-5-7-10(8-6-9)12(15)16/h5-8,17H,1-4H2,(H,13,14)(H,15,16). The summed E-state index contributed by atoms with van der Waals surface area (Å²) in [6.07, 6.45) is 2.59. The quantitative estimate of drug-likeness (QED) is 0.398. The number of aryl methyl sites for hydroxylation is 1. The second kappa shape index (κ2) is 6.65. The molecule has 0 spiro atoms. The Bertz CT molecular complexity index is 386. The zero-order valence-electron chi connectivity index (χ0n) is 9.35. The molecule has 0 heterocycles. The number of carbonyl (C=O) groups is 2. The van der Waals surface area contributed by atoms with E-state index < -0.39 is 5.97 Å². The number of hydroxylamine groups is 1. The van der Waals surface area contributed by atoms with Crippen LogP contribution in [0.2, 0.25) is 0 Å². The summed E-state index contributed by atoms with van der Waals surface area (Å²) in [5, 5.41) is 17.0. The number of carbonyl (C=O) groups excluding carboxylic acids is 1. The van der Waals surface area contributed by atoms with Crippen molar-refractivity contribution in [3.63, 3.8) is 0 Å². The Balaban J connectivity index is 2.32. The van der Waals surface area contributed by atoms with E-state index in [-0.39, 0.29) is 11.5 Å². The van der Waals surface area contributed by atoms with E-state index in [0.717, 1.165) is 18.4 Å². The number of rotatable bonds is 6. The van der Waals surface area contributed by atoms with Crippen LogP contribution in [0.5, 0.6) is 0 Å². The van der Waals surface area contributed by atoms with Crippen LogP contribution in [0.25, 0.3) is 0 Å². The first-order chi connectivity index (χ1) is 8.13. The fraction of sp³-hybridized carbons (Fsp3) is 0.333. The maximum atomic E-state index is 10.7. The topological polar surface area (TPSA) is 86.6 Å². The van der Waals surface area contributed by atoms with Gasteiger partial charge in [-0.25, -0.2) is 10.3 Å². The fourth-order valence-electron chi connectivity index (χ4n) is 1.48. The number of unbranched alkanes of at least 4 members (excludes halogenated alkanes) is 1. The summed E-state index contributed by atoms with van der Waals surface area (Å²) >= 11 is 0. The van der Waals surface area contributed by atoms with Crippen LogP contribution in [0.4, 0.5) is 0 Å². The summed E-state index contributed by atoms with van der Waals surface area (Å²) in [5.41, 5.74) is 2.89. The van der Waals surface area contributed by atoms with Crippen molar-refractivity contribution in [2.45, 2.75) is 25.7 Å². The van der Waals surface area contributed by atoms with Crippen LogP contribution in [0, 0.1) is 0 Å². The van der Waals surface area contributed by atoms with Gasteiger partial charge in [-0.2, -0.15) is 0 Å². The van der Waals surface area contributed by atoms with E-state index in [1.54, 1.807) is 29.7 Å². The van der Waals surface area contributed by atoms with E-state index in [1.165, 1.54) is 0 Å². The third-order valence-corrected chi connectivity index (χ3v) is 2.44. The molecule has 0 bridgehead atoms. The van der Waals surface area contributed by atoms with Crippen molar-refractivity contribution >= 4 is 11.9 Å². The van der Waals surface area contributed by atoms with Crippen molar-refractivity contribution in [1.29, 1.82) is 0 Å². The molecule has 0 atom stereocenters. The van der Waals surface area contributed by atoms with Gasteiger partial charge in [-0.1, -0.05) is 12.1 Å². The number of benzene rings is 1. The van der Waals surface area contributed by atoms with Crippen LogP contribution in [0.1, 0.15) is 35.2 Å². The van der Waals surface area contributed by atoms with E-state index in [2.05, 4.69) is 0 Å². The fourth-order valence-corrected chi connectivity index (χ4v) is 1.48. The van der Waals surface area contributed by atoms with Gasteiger partial charge in [-0.3, -0.25) is 10.0 Å². The van der Waals surface area contributed by atoms with Crippen molar-refractivity contribution in [2.24, 2.45) is 0 Å². The molecule has 92 valence electrons. The van der Waals surface area contributed by atoms with Crippen molar-refractivity contribution in [1.82, 2.24) is 5.48 Å². The second-order valence-corrected chi connectivity index (χ2v) is 3.74. The maximum Gasteiger partial charge on any atom is 0.335 e. The zero-order chi connectivity index (χ0) is 12.7. The molecule has 0 aromatic heterocycles. The molecule has 3 N–H and O–H groups in total. The van der Waals surface area contributed by atoms with Gasteiger partial charge < -0.3 is 5.11 Å². The zero-order valence-corrected chi connectivity index (χ0v) is 9.35. The highest BCUT2D eigenvalue weighted by Gasteiger charge is 2.02. The normalized spacial score (nSPS) is 9.94. The highest BCUT2D eigenvalue weighted by atomic mass is 16.5. The molecular weight excluding hydrogens is 222 g/mol. The van der Waals surface area contributed by atoms with Gasteiger partial charge in [0.05, 0.1) is 5.56 Å². The van der Waals surface area contributed by atoms with Gasteiger partial charge in [-0.05, 0) is 37.0 Å². The first-order valence-electron chi connectivity index (χ1n) is 5.38. The Morgan fingerprint density at radius 2 is 1.76 bits per heavy atom. The van der Waals surface area contributed by atoms with Crippen molar-refractivity contribution in [3.8, 4) is 0 Å². The van der Waals surface area contributed by atoms with Crippen LogP contribution in [0.3, 0.4) is 0 Å². The monoisotopic (exact) mass is 237 g/mol. The predicted octanol–water partition coefficient (Wildman–Crippen LogP) is 1.60. The van der Waals surface area contributed by atoms with Gasteiger partial charge in [0, 0.05) is 6.42 Å². The molecule has 1 aromatic carbocycles. The van der Waals surface area contributed by atoms with Crippen molar-refractivity contribution in [3.05, 3.63) is 35.4 Å². The Hall–Kier alpha value is -1.88. The summed E-state index contributed by atoms with van der Waals surface area (Å²) in [6.45, 7) is 0. The second-order valence-electron chi connectivity index (χ2n) is 3.74. The summed E-state index contributed by atoms with van der Waals surface area (Å²) in [5.74, 6) is -1.32. The lowest BCUT2D eigenvalue weighted by molar-refractivity contribution is -0.129. The van der Waals surface area contributed by atoms with Crippen LogP contribution < -0.4 is 5.48 Å². The number of amides is 1. The van der Waals surface area contributed by atoms with Gasteiger partial charge in [0.1, 0.15) is 0 Å². The summed E-state index contributed by atoms with van der Waals surface area (Å²) in [6, 6.07) is 6.68. The highest BCUT2D eigenvalue weighted by Crippen LogP contribution is 2.09. The minimum atomic E-state index is -0.934. The average molecular weight is 237 g/mol.